The monoisotopic (exact) mass is 293 g/mol. The predicted molar refractivity (Wildman–Crippen MR) is 69.5 cm³/mol. The van der Waals surface area contributed by atoms with E-state index in [1.165, 1.54) is 12.1 Å². The lowest BCUT2D eigenvalue weighted by molar-refractivity contribution is -0.137. The Morgan fingerprint density at radius 2 is 2.00 bits per heavy atom. The van der Waals surface area contributed by atoms with E-state index in [9.17, 15) is 13.2 Å². The second kappa shape index (κ2) is 6.28. The van der Waals surface area contributed by atoms with Gasteiger partial charge in [0.25, 0.3) is 0 Å². The summed E-state index contributed by atoms with van der Waals surface area (Å²) in [5.41, 5.74) is -0.573. The lowest BCUT2D eigenvalue weighted by atomic mass is 10.0. The third-order valence-corrected chi connectivity index (χ3v) is 2.54. The van der Waals surface area contributed by atoms with Crippen LogP contribution < -0.4 is 0 Å². The van der Waals surface area contributed by atoms with Gasteiger partial charge in [0.2, 0.25) is 0 Å². The zero-order valence-corrected chi connectivity index (χ0v) is 11.6. The van der Waals surface area contributed by atoms with Crippen LogP contribution in [0.1, 0.15) is 38.3 Å². The Balaban J connectivity index is 3.29. The maximum Gasteiger partial charge on any atom is 0.417 e. The van der Waals surface area contributed by atoms with E-state index in [-0.39, 0.29) is 22.4 Å². The Bertz CT molecular complexity index is 469. The Hall–Kier alpha value is -1.23. The van der Waals surface area contributed by atoms with Crippen LogP contribution in [0, 0.1) is 0 Å². The highest BCUT2D eigenvalue weighted by molar-refractivity contribution is 6.31. The zero-order chi connectivity index (χ0) is 14.6. The molecule has 1 aromatic rings. The molecule has 0 fully saturated rings. The summed E-state index contributed by atoms with van der Waals surface area (Å²) in [5, 5.41) is 4.02. The molecule has 0 atom stereocenters. The van der Waals surface area contributed by atoms with Crippen LogP contribution in [0.3, 0.4) is 0 Å². The number of hydrogen-bond donors (Lipinski definition) is 0. The van der Waals surface area contributed by atoms with E-state index in [0.29, 0.717) is 6.42 Å². The molecule has 1 aromatic carbocycles. The minimum absolute atomic E-state index is 0.0387. The summed E-state index contributed by atoms with van der Waals surface area (Å²) < 4.78 is 38.8. The molecule has 0 amide bonds. The van der Waals surface area contributed by atoms with Crippen LogP contribution >= 0.6 is 11.6 Å². The van der Waals surface area contributed by atoms with E-state index in [4.69, 9.17) is 16.4 Å². The molecule has 0 aliphatic heterocycles. The Morgan fingerprint density at radius 1 is 1.37 bits per heavy atom. The quantitative estimate of drug-likeness (QED) is 0.571. The van der Waals surface area contributed by atoms with Crippen LogP contribution in [-0.2, 0) is 11.0 Å². The lowest BCUT2D eigenvalue weighted by Gasteiger charge is -2.14. The second-order valence-electron chi connectivity index (χ2n) is 4.23. The fourth-order valence-corrected chi connectivity index (χ4v) is 1.65. The van der Waals surface area contributed by atoms with Crippen molar-refractivity contribution in [2.75, 3.05) is 0 Å². The van der Waals surface area contributed by atoms with Crippen molar-refractivity contribution in [1.29, 1.82) is 0 Å². The molecule has 0 aromatic heterocycles. The van der Waals surface area contributed by atoms with Crippen molar-refractivity contribution < 1.29 is 18.0 Å². The summed E-state index contributed by atoms with van der Waals surface area (Å²) in [6, 6.07) is 3.43. The number of alkyl halides is 3. The molecule has 0 aliphatic carbocycles. The molecule has 0 aliphatic rings. The number of nitrogens with zero attached hydrogens (tertiary/aromatic N) is 1. The van der Waals surface area contributed by atoms with E-state index < -0.39 is 11.7 Å². The molecule has 0 unspecified atom stereocenters. The first-order valence-electron chi connectivity index (χ1n) is 5.85. The lowest BCUT2D eigenvalue weighted by Crippen LogP contribution is -2.14. The molecule has 2 nitrogen and oxygen atoms in total. The van der Waals surface area contributed by atoms with Gasteiger partial charge in [0, 0.05) is 10.6 Å². The van der Waals surface area contributed by atoms with Crippen molar-refractivity contribution in [2.45, 2.75) is 39.5 Å². The van der Waals surface area contributed by atoms with E-state index >= 15 is 0 Å². The molecule has 0 N–H and O–H groups in total. The highest BCUT2D eigenvalue weighted by atomic mass is 35.5. The standard InChI is InChI=1S/C13H15ClF3NO/c1-4-12(18-19-8(2)3)10-7-9(14)5-6-11(10)13(15,16)17/h5-8H,4H2,1-3H3/b18-12+. The molecule has 0 saturated heterocycles. The largest absolute Gasteiger partial charge is 0.417 e. The summed E-state index contributed by atoms with van der Waals surface area (Å²) in [5.74, 6) is 0. The zero-order valence-electron chi connectivity index (χ0n) is 10.9. The molecule has 0 saturated carbocycles. The van der Waals surface area contributed by atoms with Gasteiger partial charge >= 0.3 is 6.18 Å². The van der Waals surface area contributed by atoms with Gasteiger partial charge < -0.3 is 4.84 Å². The fourth-order valence-electron chi connectivity index (χ4n) is 1.48. The van der Waals surface area contributed by atoms with Crippen LogP contribution in [0.4, 0.5) is 13.2 Å². The number of hydrogen-bond acceptors (Lipinski definition) is 2. The van der Waals surface area contributed by atoms with E-state index in [1.54, 1.807) is 20.8 Å². The molecule has 0 spiro atoms. The number of halogens is 4. The van der Waals surface area contributed by atoms with Crippen LogP contribution in [0.2, 0.25) is 5.02 Å². The molecular weight excluding hydrogens is 279 g/mol. The topological polar surface area (TPSA) is 21.6 Å². The Labute approximate surface area is 115 Å². The van der Waals surface area contributed by atoms with Crippen molar-refractivity contribution in [3.63, 3.8) is 0 Å². The molecule has 0 heterocycles. The van der Waals surface area contributed by atoms with Gasteiger partial charge in [-0.1, -0.05) is 23.7 Å². The molecule has 106 valence electrons. The number of benzene rings is 1. The fraction of sp³-hybridized carbons (Fsp3) is 0.462. The van der Waals surface area contributed by atoms with Crippen molar-refractivity contribution in [3.8, 4) is 0 Å². The van der Waals surface area contributed by atoms with Crippen molar-refractivity contribution in [2.24, 2.45) is 5.16 Å². The third-order valence-electron chi connectivity index (χ3n) is 2.31. The first-order chi connectivity index (χ1) is 8.75. The van der Waals surface area contributed by atoms with Gasteiger partial charge in [0.1, 0.15) is 6.10 Å². The summed E-state index contributed by atoms with van der Waals surface area (Å²) in [4.78, 5) is 5.03. The highest BCUT2D eigenvalue weighted by Crippen LogP contribution is 2.34. The molecule has 6 heteroatoms. The Morgan fingerprint density at radius 3 is 2.47 bits per heavy atom. The van der Waals surface area contributed by atoms with Crippen LogP contribution in [0.25, 0.3) is 0 Å². The molecule has 0 radical (unpaired) electrons. The SMILES string of the molecule is CC/C(=N\OC(C)C)c1cc(Cl)ccc1C(F)(F)F. The average molecular weight is 294 g/mol. The molecule has 1 rings (SSSR count). The predicted octanol–water partition coefficient (Wildman–Crippen LogP) is 4.90. The highest BCUT2D eigenvalue weighted by Gasteiger charge is 2.34. The van der Waals surface area contributed by atoms with Crippen molar-refractivity contribution in [3.05, 3.63) is 34.3 Å². The van der Waals surface area contributed by atoms with Gasteiger partial charge in [-0.15, -0.1) is 0 Å². The van der Waals surface area contributed by atoms with Crippen LogP contribution in [-0.4, -0.2) is 11.8 Å². The van der Waals surface area contributed by atoms with Gasteiger partial charge in [-0.3, -0.25) is 0 Å². The van der Waals surface area contributed by atoms with Gasteiger partial charge in [0.05, 0.1) is 11.3 Å². The third kappa shape index (κ3) is 4.42. The summed E-state index contributed by atoms with van der Waals surface area (Å²) in [6.07, 6.45) is -4.33. The maximum atomic E-state index is 12.9. The van der Waals surface area contributed by atoms with E-state index in [2.05, 4.69) is 5.16 Å². The Kier molecular flexibility index (Phi) is 5.23. The number of rotatable bonds is 4. The number of oxime groups is 1. The van der Waals surface area contributed by atoms with Crippen LogP contribution in [0.15, 0.2) is 23.4 Å². The van der Waals surface area contributed by atoms with E-state index in [0.717, 1.165) is 6.07 Å². The smallest absolute Gasteiger partial charge is 0.393 e. The minimum atomic E-state index is -4.45. The van der Waals surface area contributed by atoms with Crippen molar-refractivity contribution >= 4 is 17.3 Å². The first-order valence-corrected chi connectivity index (χ1v) is 6.23. The summed E-state index contributed by atoms with van der Waals surface area (Å²) in [6.45, 7) is 5.21. The molecule has 0 bridgehead atoms. The summed E-state index contributed by atoms with van der Waals surface area (Å²) in [7, 11) is 0. The van der Waals surface area contributed by atoms with Crippen molar-refractivity contribution in [1.82, 2.24) is 0 Å². The summed E-state index contributed by atoms with van der Waals surface area (Å²) >= 11 is 5.77. The van der Waals surface area contributed by atoms with Gasteiger partial charge in [0.15, 0.2) is 0 Å². The molecule has 19 heavy (non-hydrogen) atoms. The second-order valence-corrected chi connectivity index (χ2v) is 4.67. The van der Waals surface area contributed by atoms with Crippen LogP contribution in [0.5, 0.6) is 0 Å². The molecular formula is C13H15ClF3NO. The van der Waals surface area contributed by atoms with Gasteiger partial charge in [-0.25, -0.2) is 0 Å². The van der Waals surface area contributed by atoms with Gasteiger partial charge in [-0.2, -0.15) is 13.2 Å². The van der Waals surface area contributed by atoms with E-state index in [1.807, 2.05) is 0 Å². The maximum absolute atomic E-state index is 12.9. The average Bonchev–Trinajstić information content (AvgIpc) is 2.27. The first kappa shape index (κ1) is 15.8. The normalized spacial score (nSPS) is 12.9. The van der Waals surface area contributed by atoms with Gasteiger partial charge in [-0.05, 0) is 38.5 Å². The minimum Gasteiger partial charge on any atom is -0.393 e.